The molecule has 102 valence electrons. The summed E-state index contributed by atoms with van der Waals surface area (Å²) in [4.78, 5) is 14.5. The van der Waals surface area contributed by atoms with Gasteiger partial charge in [0.15, 0.2) is 0 Å². The van der Waals surface area contributed by atoms with E-state index in [0.717, 1.165) is 25.7 Å². The van der Waals surface area contributed by atoms with Crippen LogP contribution in [0.15, 0.2) is 22.7 Å². The first kappa shape index (κ1) is 13.1. The van der Waals surface area contributed by atoms with Crippen LogP contribution < -0.4 is 5.73 Å². The Balaban J connectivity index is 1.86. The molecular formula is C14H16BrFN2O. The summed E-state index contributed by atoms with van der Waals surface area (Å²) in [7, 11) is 0. The fourth-order valence-electron chi connectivity index (χ4n) is 3.33. The molecule has 0 radical (unpaired) electrons. The molecule has 0 aliphatic carbocycles. The number of rotatable bonds is 1. The van der Waals surface area contributed by atoms with Gasteiger partial charge in [-0.1, -0.05) is 0 Å². The SMILES string of the molecule is NC1CC2CCC(C1)N2C(=O)c1ccc(Br)c(F)c1. The van der Waals surface area contributed by atoms with E-state index in [0.29, 0.717) is 10.0 Å². The molecule has 2 N–H and O–H groups in total. The lowest BCUT2D eigenvalue weighted by atomic mass is 9.97. The van der Waals surface area contributed by atoms with Gasteiger partial charge in [0.2, 0.25) is 0 Å². The molecule has 1 aromatic carbocycles. The Bertz CT molecular complexity index is 508. The first-order chi connectivity index (χ1) is 9.06. The van der Waals surface area contributed by atoms with Crippen LogP contribution in [0.1, 0.15) is 36.0 Å². The zero-order chi connectivity index (χ0) is 13.6. The Morgan fingerprint density at radius 3 is 2.53 bits per heavy atom. The zero-order valence-electron chi connectivity index (χ0n) is 10.5. The highest BCUT2D eigenvalue weighted by molar-refractivity contribution is 9.10. The largest absolute Gasteiger partial charge is 0.333 e. The van der Waals surface area contributed by atoms with E-state index in [1.54, 1.807) is 12.1 Å². The lowest BCUT2D eigenvalue weighted by Crippen LogP contribution is -2.50. The van der Waals surface area contributed by atoms with Crippen molar-refractivity contribution in [2.75, 3.05) is 0 Å². The minimum absolute atomic E-state index is 0.0641. The van der Waals surface area contributed by atoms with Gasteiger partial charge in [0.25, 0.3) is 5.91 Å². The van der Waals surface area contributed by atoms with Crippen molar-refractivity contribution in [1.82, 2.24) is 4.90 Å². The van der Waals surface area contributed by atoms with Crippen LogP contribution in [-0.4, -0.2) is 28.9 Å². The lowest BCUT2D eigenvalue weighted by Gasteiger charge is -2.37. The van der Waals surface area contributed by atoms with Crippen LogP contribution in [-0.2, 0) is 0 Å². The van der Waals surface area contributed by atoms with Crippen LogP contribution in [0.25, 0.3) is 0 Å². The molecule has 2 atom stereocenters. The van der Waals surface area contributed by atoms with E-state index in [2.05, 4.69) is 15.9 Å². The van der Waals surface area contributed by atoms with Gasteiger partial charge in [-0.3, -0.25) is 4.79 Å². The molecule has 2 aliphatic heterocycles. The highest BCUT2D eigenvalue weighted by Gasteiger charge is 2.42. The number of nitrogens with zero attached hydrogens (tertiary/aromatic N) is 1. The number of hydrogen-bond donors (Lipinski definition) is 1. The van der Waals surface area contributed by atoms with Crippen LogP contribution >= 0.6 is 15.9 Å². The molecule has 19 heavy (non-hydrogen) atoms. The molecule has 5 heteroatoms. The normalized spacial score (nSPS) is 29.6. The minimum atomic E-state index is -0.396. The minimum Gasteiger partial charge on any atom is -0.333 e. The molecule has 2 heterocycles. The van der Waals surface area contributed by atoms with E-state index in [9.17, 15) is 9.18 Å². The van der Waals surface area contributed by atoms with Crippen LogP contribution in [0.3, 0.4) is 0 Å². The van der Waals surface area contributed by atoms with E-state index in [1.807, 2.05) is 4.90 Å². The summed E-state index contributed by atoms with van der Waals surface area (Å²) in [5, 5.41) is 0. The number of halogens is 2. The third kappa shape index (κ3) is 2.30. The van der Waals surface area contributed by atoms with Crippen molar-refractivity contribution in [3.05, 3.63) is 34.1 Å². The lowest BCUT2D eigenvalue weighted by molar-refractivity contribution is 0.0574. The summed E-state index contributed by atoms with van der Waals surface area (Å²) >= 11 is 3.10. The molecular weight excluding hydrogens is 311 g/mol. The maximum atomic E-state index is 13.5. The Morgan fingerprint density at radius 1 is 1.32 bits per heavy atom. The molecule has 3 rings (SSSR count). The monoisotopic (exact) mass is 326 g/mol. The fraction of sp³-hybridized carbons (Fsp3) is 0.500. The second-order valence-electron chi connectivity index (χ2n) is 5.46. The number of nitrogens with two attached hydrogens (primary N) is 1. The van der Waals surface area contributed by atoms with Crippen molar-refractivity contribution in [2.24, 2.45) is 5.73 Å². The van der Waals surface area contributed by atoms with E-state index in [-0.39, 0.29) is 24.0 Å². The van der Waals surface area contributed by atoms with Gasteiger partial charge in [-0.05, 0) is 59.8 Å². The standard InChI is InChI=1S/C14H16BrFN2O/c15-12-4-1-8(5-13(12)16)14(19)18-10-2-3-11(18)7-9(17)6-10/h1,4-5,9-11H,2-3,6-7,17H2. The topological polar surface area (TPSA) is 46.3 Å². The third-order valence-corrected chi connectivity index (χ3v) is 4.81. The Labute approximate surface area is 120 Å². The number of amides is 1. The summed E-state index contributed by atoms with van der Waals surface area (Å²) in [6.45, 7) is 0. The summed E-state index contributed by atoms with van der Waals surface area (Å²) < 4.78 is 13.9. The Morgan fingerprint density at radius 2 is 1.95 bits per heavy atom. The summed E-state index contributed by atoms with van der Waals surface area (Å²) in [6, 6.07) is 5.22. The van der Waals surface area contributed by atoms with Crippen LogP contribution in [0.5, 0.6) is 0 Å². The van der Waals surface area contributed by atoms with Crippen molar-refractivity contribution >= 4 is 21.8 Å². The second kappa shape index (κ2) is 4.87. The van der Waals surface area contributed by atoms with E-state index >= 15 is 0 Å². The summed E-state index contributed by atoms with van der Waals surface area (Å²) in [6.07, 6.45) is 3.76. The zero-order valence-corrected chi connectivity index (χ0v) is 12.1. The maximum Gasteiger partial charge on any atom is 0.254 e. The molecule has 0 saturated carbocycles. The summed E-state index contributed by atoms with van der Waals surface area (Å²) in [5.74, 6) is -0.460. The van der Waals surface area contributed by atoms with Crippen LogP contribution in [0, 0.1) is 5.82 Å². The molecule has 2 unspecified atom stereocenters. The molecule has 1 amide bonds. The second-order valence-corrected chi connectivity index (χ2v) is 6.31. The number of carbonyl (C=O) groups is 1. The predicted octanol–water partition coefficient (Wildman–Crippen LogP) is 2.68. The Hall–Kier alpha value is -0.940. The smallest absolute Gasteiger partial charge is 0.254 e. The number of hydrogen-bond acceptors (Lipinski definition) is 2. The van der Waals surface area contributed by atoms with Crippen molar-refractivity contribution in [3.8, 4) is 0 Å². The molecule has 2 fully saturated rings. The average molecular weight is 327 g/mol. The molecule has 2 saturated heterocycles. The van der Waals surface area contributed by atoms with Crippen LogP contribution in [0.2, 0.25) is 0 Å². The average Bonchev–Trinajstić information content (AvgIpc) is 2.64. The predicted molar refractivity (Wildman–Crippen MR) is 74.3 cm³/mol. The highest BCUT2D eigenvalue weighted by Crippen LogP contribution is 2.36. The number of benzene rings is 1. The quantitative estimate of drug-likeness (QED) is 0.862. The molecule has 1 aromatic rings. The van der Waals surface area contributed by atoms with Gasteiger partial charge in [-0.2, -0.15) is 0 Å². The number of piperidine rings is 1. The molecule has 0 aromatic heterocycles. The fourth-order valence-corrected chi connectivity index (χ4v) is 3.58. The highest BCUT2D eigenvalue weighted by atomic mass is 79.9. The first-order valence-electron chi connectivity index (χ1n) is 6.59. The summed E-state index contributed by atoms with van der Waals surface area (Å²) in [5.41, 5.74) is 6.42. The number of carbonyl (C=O) groups excluding carboxylic acids is 1. The van der Waals surface area contributed by atoms with Crippen LogP contribution in [0.4, 0.5) is 4.39 Å². The van der Waals surface area contributed by atoms with Gasteiger partial charge < -0.3 is 10.6 Å². The van der Waals surface area contributed by atoms with Gasteiger partial charge in [-0.15, -0.1) is 0 Å². The van der Waals surface area contributed by atoms with Crippen molar-refractivity contribution in [1.29, 1.82) is 0 Å². The van der Waals surface area contributed by atoms with E-state index < -0.39 is 5.82 Å². The molecule has 2 aliphatic rings. The Kier molecular flexibility index (Phi) is 3.35. The van der Waals surface area contributed by atoms with E-state index in [4.69, 9.17) is 5.73 Å². The van der Waals surface area contributed by atoms with Gasteiger partial charge in [0.1, 0.15) is 5.82 Å². The molecule has 2 bridgehead atoms. The van der Waals surface area contributed by atoms with Crippen molar-refractivity contribution < 1.29 is 9.18 Å². The molecule has 0 spiro atoms. The maximum absolute atomic E-state index is 13.5. The number of fused-ring (bicyclic) bond motifs is 2. The third-order valence-electron chi connectivity index (χ3n) is 4.17. The van der Waals surface area contributed by atoms with Crippen molar-refractivity contribution in [3.63, 3.8) is 0 Å². The van der Waals surface area contributed by atoms with Gasteiger partial charge in [0, 0.05) is 23.7 Å². The first-order valence-corrected chi connectivity index (χ1v) is 7.39. The van der Waals surface area contributed by atoms with Gasteiger partial charge in [-0.25, -0.2) is 4.39 Å². The van der Waals surface area contributed by atoms with Gasteiger partial charge in [0.05, 0.1) is 4.47 Å². The molecule has 3 nitrogen and oxygen atoms in total. The van der Waals surface area contributed by atoms with E-state index in [1.165, 1.54) is 6.07 Å². The van der Waals surface area contributed by atoms with Crippen molar-refractivity contribution in [2.45, 2.75) is 43.8 Å². The van der Waals surface area contributed by atoms with Gasteiger partial charge >= 0.3 is 0 Å².